The van der Waals surface area contributed by atoms with Crippen LogP contribution in [0.1, 0.15) is 17.2 Å². The monoisotopic (exact) mass is 421 g/mol. The van der Waals surface area contributed by atoms with Crippen LogP contribution in [-0.2, 0) is 10.0 Å². The van der Waals surface area contributed by atoms with Gasteiger partial charge in [-0.1, -0.05) is 36.4 Å². The molecule has 30 heavy (non-hydrogen) atoms. The third kappa shape index (κ3) is 3.78. The quantitative estimate of drug-likeness (QED) is 0.391. The Morgan fingerprint density at radius 3 is 2.30 bits per heavy atom. The van der Waals surface area contributed by atoms with E-state index in [1.165, 1.54) is 12.1 Å². The number of pyridine rings is 1. The molecule has 4 rings (SSSR count). The van der Waals surface area contributed by atoms with E-state index in [2.05, 4.69) is 10.3 Å². The Labute approximate surface area is 173 Å². The van der Waals surface area contributed by atoms with Crippen molar-refractivity contribution in [1.82, 2.24) is 4.98 Å². The normalized spacial score (nSPS) is 12.6. The van der Waals surface area contributed by atoms with Gasteiger partial charge >= 0.3 is 0 Å². The van der Waals surface area contributed by atoms with E-state index in [1.54, 1.807) is 54.7 Å². The molecule has 1 aromatic heterocycles. The molecule has 7 nitrogen and oxygen atoms in total. The zero-order valence-electron chi connectivity index (χ0n) is 15.7. The van der Waals surface area contributed by atoms with Crippen LogP contribution in [0, 0.1) is 0 Å². The molecule has 1 unspecified atom stereocenters. The largest absolute Gasteiger partial charge is 0.508 e. The number of rotatable bonds is 5. The van der Waals surface area contributed by atoms with E-state index in [0.717, 1.165) is 5.39 Å². The molecule has 3 aromatic carbocycles. The average molecular weight is 421 g/mol. The maximum absolute atomic E-state index is 11.5. The van der Waals surface area contributed by atoms with Gasteiger partial charge in [0, 0.05) is 28.4 Å². The molecule has 0 aliphatic rings. The summed E-state index contributed by atoms with van der Waals surface area (Å²) in [6, 6.07) is 19.3. The van der Waals surface area contributed by atoms with Crippen LogP contribution in [0.4, 0.5) is 5.69 Å². The molecule has 0 radical (unpaired) electrons. The van der Waals surface area contributed by atoms with E-state index in [1.807, 2.05) is 12.1 Å². The van der Waals surface area contributed by atoms with E-state index < -0.39 is 16.1 Å². The molecule has 0 saturated carbocycles. The van der Waals surface area contributed by atoms with E-state index in [-0.39, 0.29) is 16.4 Å². The van der Waals surface area contributed by atoms with Crippen molar-refractivity contribution in [3.63, 3.8) is 0 Å². The highest BCUT2D eigenvalue weighted by molar-refractivity contribution is 7.89. The van der Waals surface area contributed by atoms with Gasteiger partial charge in [0.2, 0.25) is 10.0 Å². The van der Waals surface area contributed by atoms with Crippen molar-refractivity contribution >= 4 is 26.6 Å². The number of fused-ring (bicyclic) bond motifs is 1. The lowest BCUT2D eigenvalue weighted by molar-refractivity contribution is 0.460. The molecular formula is C22H19N3O4S. The van der Waals surface area contributed by atoms with Crippen LogP contribution >= 0.6 is 0 Å². The average Bonchev–Trinajstić information content (AvgIpc) is 2.73. The molecule has 1 heterocycles. The van der Waals surface area contributed by atoms with Gasteiger partial charge in [-0.2, -0.15) is 0 Å². The number of phenols is 2. The summed E-state index contributed by atoms with van der Waals surface area (Å²) in [5.41, 5.74) is 2.08. The maximum atomic E-state index is 11.5. The number of primary sulfonamides is 1. The standard InChI is InChI=1S/C22H19N3O4S/c23-30(28,29)16-10-8-15(9-11-16)25-21(17-5-1-2-6-19(17)26)18-12-7-14-4-3-13-24-20(14)22(18)27/h1-13,21,25-27H,(H2,23,28,29). The number of nitrogens with zero attached hydrogens (tertiary/aromatic N) is 1. The van der Waals surface area contributed by atoms with Crippen molar-refractivity contribution in [3.8, 4) is 11.5 Å². The van der Waals surface area contributed by atoms with Crippen LogP contribution in [0.25, 0.3) is 10.9 Å². The number of aromatic hydroxyl groups is 2. The number of sulfonamides is 1. The Bertz CT molecular complexity index is 1320. The first-order valence-corrected chi connectivity index (χ1v) is 10.6. The lowest BCUT2D eigenvalue weighted by atomic mass is 9.95. The van der Waals surface area contributed by atoms with Gasteiger partial charge in [0.15, 0.2) is 0 Å². The molecule has 0 amide bonds. The summed E-state index contributed by atoms with van der Waals surface area (Å²) in [6.07, 6.45) is 1.60. The van der Waals surface area contributed by atoms with Gasteiger partial charge in [0.05, 0.1) is 10.9 Å². The minimum absolute atomic E-state index is 0.00462. The minimum Gasteiger partial charge on any atom is -0.508 e. The molecule has 0 fully saturated rings. The summed E-state index contributed by atoms with van der Waals surface area (Å²) in [5.74, 6) is 0.0479. The third-order valence-electron chi connectivity index (χ3n) is 4.83. The Kier molecular flexibility index (Phi) is 5.03. The molecule has 8 heteroatoms. The van der Waals surface area contributed by atoms with Gasteiger partial charge in [-0.05, 0) is 36.4 Å². The Balaban J connectivity index is 1.82. The van der Waals surface area contributed by atoms with E-state index in [9.17, 15) is 18.6 Å². The SMILES string of the molecule is NS(=O)(=O)c1ccc(NC(c2ccccc2O)c2ccc3cccnc3c2O)cc1. The number of hydrogen-bond donors (Lipinski definition) is 4. The summed E-state index contributed by atoms with van der Waals surface area (Å²) in [6.45, 7) is 0. The molecule has 1 atom stereocenters. The van der Waals surface area contributed by atoms with Crippen LogP contribution in [0.15, 0.2) is 83.9 Å². The molecule has 0 saturated heterocycles. The predicted molar refractivity (Wildman–Crippen MR) is 115 cm³/mol. The molecule has 0 spiro atoms. The number of nitrogens with two attached hydrogens (primary N) is 1. The van der Waals surface area contributed by atoms with Gasteiger partial charge < -0.3 is 15.5 Å². The number of nitrogens with one attached hydrogen (secondary N) is 1. The summed E-state index contributed by atoms with van der Waals surface area (Å²) in [7, 11) is -3.81. The Morgan fingerprint density at radius 2 is 1.60 bits per heavy atom. The zero-order valence-corrected chi connectivity index (χ0v) is 16.5. The topological polar surface area (TPSA) is 126 Å². The Hall–Kier alpha value is -3.62. The first-order chi connectivity index (χ1) is 14.3. The maximum Gasteiger partial charge on any atom is 0.238 e. The van der Waals surface area contributed by atoms with E-state index in [4.69, 9.17) is 5.14 Å². The van der Waals surface area contributed by atoms with Gasteiger partial charge in [-0.25, -0.2) is 13.6 Å². The van der Waals surface area contributed by atoms with Crippen LogP contribution in [-0.4, -0.2) is 23.6 Å². The summed E-state index contributed by atoms with van der Waals surface area (Å²) < 4.78 is 23.0. The van der Waals surface area contributed by atoms with Crippen molar-refractivity contribution < 1.29 is 18.6 Å². The molecule has 5 N–H and O–H groups in total. The highest BCUT2D eigenvalue weighted by atomic mass is 32.2. The van der Waals surface area contributed by atoms with Crippen LogP contribution in [0.3, 0.4) is 0 Å². The lowest BCUT2D eigenvalue weighted by Crippen LogP contribution is -2.14. The first-order valence-electron chi connectivity index (χ1n) is 9.08. The molecule has 0 aliphatic heterocycles. The second kappa shape index (κ2) is 7.66. The third-order valence-corrected chi connectivity index (χ3v) is 5.76. The summed E-state index contributed by atoms with van der Waals surface area (Å²) in [4.78, 5) is 4.26. The zero-order chi connectivity index (χ0) is 21.3. The number of para-hydroxylation sites is 1. The van der Waals surface area contributed by atoms with Crippen LogP contribution in [0.5, 0.6) is 11.5 Å². The van der Waals surface area contributed by atoms with E-state index >= 15 is 0 Å². The summed E-state index contributed by atoms with van der Waals surface area (Å²) >= 11 is 0. The van der Waals surface area contributed by atoms with Gasteiger partial charge in [-0.15, -0.1) is 0 Å². The number of benzene rings is 3. The van der Waals surface area contributed by atoms with Gasteiger partial charge in [-0.3, -0.25) is 4.98 Å². The lowest BCUT2D eigenvalue weighted by Gasteiger charge is -2.23. The van der Waals surface area contributed by atoms with Gasteiger partial charge in [0.25, 0.3) is 0 Å². The number of phenolic OH excluding ortho intramolecular Hbond substituents is 2. The fraction of sp³-hybridized carbons (Fsp3) is 0.0455. The van der Waals surface area contributed by atoms with Gasteiger partial charge in [0.1, 0.15) is 17.0 Å². The molecule has 0 aliphatic carbocycles. The fourth-order valence-electron chi connectivity index (χ4n) is 3.34. The second-order valence-electron chi connectivity index (χ2n) is 6.78. The minimum atomic E-state index is -3.81. The Morgan fingerprint density at radius 1 is 0.867 bits per heavy atom. The predicted octanol–water partition coefficient (Wildman–Crippen LogP) is 3.49. The number of hydrogen-bond acceptors (Lipinski definition) is 6. The number of aromatic nitrogens is 1. The molecule has 0 bridgehead atoms. The van der Waals surface area contributed by atoms with E-state index in [0.29, 0.717) is 22.3 Å². The second-order valence-corrected chi connectivity index (χ2v) is 8.35. The molecular weight excluding hydrogens is 402 g/mol. The van der Waals surface area contributed by atoms with Crippen molar-refractivity contribution in [3.05, 3.63) is 90.1 Å². The highest BCUT2D eigenvalue weighted by Crippen LogP contribution is 2.39. The van der Waals surface area contributed by atoms with Crippen molar-refractivity contribution in [2.75, 3.05) is 5.32 Å². The van der Waals surface area contributed by atoms with Crippen molar-refractivity contribution in [2.45, 2.75) is 10.9 Å². The smallest absolute Gasteiger partial charge is 0.238 e. The van der Waals surface area contributed by atoms with Crippen LogP contribution < -0.4 is 10.5 Å². The molecule has 4 aromatic rings. The summed E-state index contributed by atoms with van der Waals surface area (Å²) in [5, 5.41) is 30.6. The van der Waals surface area contributed by atoms with Crippen molar-refractivity contribution in [2.24, 2.45) is 5.14 Å². The van der Waals surface area contributed by atoms with Crippen LogP contribution in [0.2, 0.25) is 0 Å². The fourth-order valence-corrected chi connectivity index (χ4v) is 3.86. The number of anilines is 1. The van der Waals surface area contributed by atoms with Crippen molar-refractivity contribution in [1.29, 1.82) is 0 Å². The first kappa shape index (κ1) is 19.7. The highest BCUT2D eigenvalue weighted by Gasteiger charge is 2.22. The molecule has 152 valence electrons.